The van der Waals surface area contributed by atoms with Crippen LogP contribution in [0.1, 0.15) is 50.6 Å². The second-order valence-corrected chi connectivity index (χ2v) is 13.9. The number of carbonyl (C=O) groups is 3. The molecule has 3 heterocycles. The average molecular weight is 703 g/mol. The highest BCUT2D eigenvalue weighted by Gasteiger charge is 2.62. The summed E-state index contributed by atoms with van der Waals surface area (Å²) >= 11 is 0. The molecule has 1 aromatic heterocycles. The number of rotatable bonds is 12. The Morgan fingerprint density at radius 1 is 1.00 bits per heavy atom. The number of aromatic nitrogens is 1. The molecule has 0 radical (unpaired) electrons. The number of hydrogen-bond donors (Lipinski definition) is 1. The lowest BCUT2D eigenvalue weighted by Gasteiger charge is -2.37. The fourth-order valence-electron chi connectivity index (χ4n) is 7.76. The average Bonchev–Trinajstić information content (AvgIpc) is 3.74. The molecule has 10 heteroatoms. The predicted octanol–water partition coefficient (Wildman–Crippen LogP) is 6.11. The summed E-state index contributed by atoms with van der Waals surface area (Å²) in [6.07, 6.45) is 4.90. The zero-order valence-corrected chi connectivity index (χ0v) is 29.8. The molecule has 2 aliphatic heterocycles. The van der Waals surface area contributed by atoms with Gasteiger partial charge in [-0.2, -0.15) is 0 Å². The fourth-order valence-corrected chi connectivity index (χ4v) is 7.76. The molecule has 0 spiro atoms. The molecular formula is C42H46N4O6. The van der Waals surface area contributed by atoms with Crippen molar-refractivity contribution in [3.8, 4) is 22.8 Å². The molecule has 2 saturated heterocycles. The molecule has 4 aromatic rings. The molecule has 0 unspecified atom stereocenters. The quantitative estimate of drug-likeness (QED) is 0.139. The van der Waals surface area contributed by atoms with E-state index >= 15 is 0 Å². The number of benzene rings is 3. The van der Waals surface area contributed by atoms with Crippen LogP contribution in [0.2, 0.25) is 0 Å². The number of esters is 1. The number of likely N-dealkylation sites (tertiary alicyclic amines) is 2. The number of fused-ring (bicyclic) bond motifs is 1. The van der Waals surface area contributed by atoms with Crippen molar-refractivity contribution in [1.29, 1.82) is 0 Å². The van der Waals surface area contributed by atoms with Crippen LogP contribution in [0.3, 0.4) is 0 Å². The van der Waals surface area contributed by atoms with E-state index in [9.17, 15) is 14.4 Å². The minimum absolute atomic E-state index is 0.158. The molecule has 7 rings (SSSR count). The summed E-state index contributed by atoms with van der Waals surface area (Å²) in [5.41, 5.74) is 2.04. The number of hydrogen-bond acceptors (Lipinski definition) is 8. The van der Waals surface area contributed by atoms with E-state index < -0.39 is 35.6 Å². The van der Waals surface area contributed by atoms with E-state index in [2.05, 4.69) is 16.8 Å². The van der Waals surface area contributed by atoms with Gasteiger partial charge in [0.05, 0.1) is 31.5 Å². The first-order chi connectivity index (χ1) is 25.3. The summed E-state index contributed by atoms with van der Waals surface area (Å²) in [4.78, 5) is 51.3. The van der Waals surface area contributed by atoms with Crippen LogP contribution in [-0.2, 0) is 19.1 Å². The largest absolute Gasteiger partial charge is 0.497 e. The third-order valence-electron chi connectivity index (χ3n) is 10.6. The van der Waals surface area contributed by atoms with Crippen LogP contribution in [0.25, 0.3) is 22.2 Å². The predicted molar refractivity (Wildman–Crippen MR) is 199 cm³/mol. The summed E-state index contributed by atoms with van der Waals surface area (Å²) in [5.74, 6) is -0.0396. The molecule has 52 heavy (non-hydrogen) atoms. The number of ether oxygens (including phenoxy) is 3. The second kappa shape index (κ2) is 15.2. The van der Waals surface area contributed by atoms with Crippen LogP contribution in [0.5, 0.6) is 11.5 Å². The Balaban J connectivity index is 1.25. The van der Waals surface area contributed by atoms with Gasteiger partial charge in [0, 0.05) is 35.4 Å². The van der Waals surface area contributed by atoms with Gasteiger partial charge in [-0.05, 0) is 57.0 Å². The summed E-state index contributed by atoms with van der Waals surface area (Å²) in [6, 6.07) is 25.8. The first kappa shape index (κ1) is 35.2. The van der Waals surface area contributed by atoms with Gasteiger partial charge < -0.3 is 24.4 Å². The number of carbonyl (C=O) groups excluding carboxylic acids is 3. The standard InChI is InChI=1S/C42H46N4O6/c1-4-30-26-42(30,41(49)51-5-2)44-39(47)36-24-32(27-46(36)40(48)38(29-17-11-7-12-18-29)45-21-13-8-14-22-45)52-37-25-34(28-15-9-6-10-16-28)43-35-23-31(50-3)19-20-33(35)37/h4,6-7,9-12,15-20,23,25,30,32,36,38H,1,5,8,13-14,21-22,24,26-27H2,2-3H3,(H,44,47)/t30-,32+,36-,38-,42+/m0/s1. The third kappa shape index (κ3) is 6.99. The summed E-state index contributed by atoms with van der Waals surface area (Å²) in [6.45, 7) is 7.57. The number of nitrogens with one attached hydrogen (secondary N) is 1. The van der Waals surface area contributed by atoms with Gasteiger partial charge >= 0.3 is 5.97 Å². The lowest BCUT2D eigenvalue weighted by atomic mass is 10.00. The van der Waals surface area contributed by atoms with Crippen LogP contribution in [0, 0.1) is 5.92 Å². The Kier molecular flexibility index (Phi) is 10.3. The van der Waals surface area contributed by atoms with Crippen molar-refractivity contribution in [3.63, 3.8) is 0 Å². The second-order valence-electron chi connectivity index (χ2n) is 13.9. The minimum Gasteiger partial charge on any atom is -0.497 e. The van der Waals surface area contributed by atoms with Gasteiger partial charge in [0.2, 0.25) is 11.8 Å². The highest BCUT2D eigenvalue weighted by atomic mass is 16.5. The molecule has 1 N–H and O–H groups in total. The first-order valence-corrected chi connectivity index (χ1v) is 18.3. The van der Waals surface area contributed by atoms with Gasteiger partial charge in [0.25, 0.3) is 0 Å². The minimum atomic E-state index is -1.20. The highest BCUT2D eigenvalue weighted by Crippen LogP contribution is 2.46. The van der Waals surface area contributed by atoms with Gasteiger partial charge in [-0.1, -0.05) is 73.2 Å². The maximum Gasteiger partial charge on any atom is 0.332 e. The van der Waals surface area contributed by atoms with E-state index in [1.165, 1.54) is 0 Å². The van der Waals surface area contributed by atoms with Crippen LogP contribution < -0.4 is 14.8 Å². The number of methoxy groups -OCH3 is 1. The monoisotopic (exact) mass is 702 g/mol. The molecule has 3 aromatic carbocycles. The van der Waals surface area contributed by atoms with Gasteiger partial charge in [-0.15, -0.1) is 6.58 Å². The molecule has 5 atom stereocenters. The van der Waals surface area contributed by atoms with Crippen LogP contribution in [0.4, 0.5) is 0 Å². The first-order valence-electron chi connectivity index (χ1n) is 18.3. The third-order valence-corrected chi connectivity index (χ3v) is 10.6. The lowest BCUT2D eigenvalue weighted by molar-refractivity contribution is -0.150. The Labute approximate surface area is 304 Å². The molecule has 270 valence electrons. The van der Waals surface area contributed by atoms with Crippen LogP contribution >= 0.6 is 0 Å². The molecule has 0 bridgehead atoms. The van der Waals surface area contributed by atoms with E-state index in [0.29, 0.717) is 23.4 Å². The van der Waals surface area contributed by atoms with Crippen LogP contribution in [0.15, 0.2) is 97.6 Å². The number of nitrogens with zero attached hydrogens (tertiary/aromatic N) is 3. The fraction of sp³-hybridized carbons (Fsp3) is 0.381. The van der Waals surface area contributed by atoms with Crippen LogP contribution in [-0.4, -0.2) is 83.6 Å². The highest BCUT2D eigenvalue weighted by molar-refractivity contribution is 5.96. The molecule has 10 nitrogen and oxygen atoms in total. The lowest BCUT2D eigenvalue weighted by Crippen LogP contribution is -2.55. The van der Waals surface area contributed by atoms with Gasteiger partial charge in [-0.25, -0.2) is 9.78 Å². The van der Waals surface area contributed by atoms with Crippen molar-refractivity contribution in [2.45, 2.75) is 62.8 Å². The zero-order valence-electron chi connectivity index (χ0n) is 29.8. The normalized spacial score (nSPS) is 23.4. The maximum absolute atomic E-state index is 14.9. The SMILES string of the molecule is C=C[C@H]1C[C@]1(NC(=O)[C@@H]1C[C@@H](Oc2cc(-c3ccccc3)nc3cc(OC)ccc23)CN1C(=O)[C@H](c1ccccc1)N1CCCCC1)C(=O)OCC. The summed E-state index contributed by atoms with van der Waals surface area (Å²) in [7, 11) is 1.62. The topological polar surface area (TPSA) is 110 Å². The Morgan fingerprint density at radius 2 is 1.73 bits per heavy atom. The molecule has 3 fully saturated rings. The zero-order chi connectivity index (χ0) is 36.2. The summed E-state index contributed by atoms with van der Waals surface area (Å²) in [5, 5.41) is 3.81. The van der Waals surface area contributed by atoms with Crippen molar-refractivity contribution in [3.05, 3.63) is 103 Å². The van der Waals surface area contributed by atoms with E-state index in [4.69, 9.17) is 19.2 Å². The van der Waals surface area contributed by atoms with Gasteiger partial charge in [-0.3, -0.25) is 14.5 Å². The smallest absolute Gasteiger partial charge is 0.332 e. The van der Waals surface area contributed by atoms with Gasteiger partial charge in [0.1, 0.15) is 35.2 Å². The molecule has 3 aliphatic rings. The molecular weight excluding hydrogens is 656 g/mol. The maximum atomic E-state index is 14.9. The van der Waals surface area contributed by atoms with Crippen molar-refractivity contribution >= 4 is 28.7 Å². The van der Waals surface area contributed by atoms with Gasteiger partial charge in [0.15, 0.2) is 0 Å². The van der Waals surface area contributed by atoms with Crippen molar-refractivity contribution in [2.75, 3.05) is 33.4 Å². The Bertz CT molecular complexity index is 1930. The molecule has 1 saturated carbocycles. The number of piperidine rings is 1. The van der Waals surface area contributed by atoms with E-state index in [-0.39, 0.29) is 31.4 Å². The van der Waals surface area contributed by atoms with E-state index in [1.54, 1.807) is 25.0 Å². The van der Waals surface area contributed by atoms with Crippen molar-refractivity contribution in [1.82, 2.24) is 20.1 Å². The van der Waals surface area contributed by atoms with Crippen molar-refractivity contribution in [2.24, 2.45) is 5.92 Å². The Morgan fingerprint density at radius 3 is 2.40 bits per heavy atom. The van der Waals surface area contributed by atoms with E-state index in [0.717, 1.165) is 54.6 Å². The Hall–Kier alpha value is -5.22. The van der Waals surface area contributed by atoms with Crippen molar-refractivity contribution < 1.29 is 28.6 Å². The number of amides is 2. The molecule has 1 aliphatic carbocycles. The van der Waals surface area contributed by atoms with E-state index in [1.807, 2.05) is 84.9 Å². The summed E-state index contributed by atoms with van der Waals surface area (Å²) < 4.78 is 17.7. The number of pyridine rings is 1. The molecule has 2 amide bonds.